The molecule has 0 spiro atoms. The molecule has 1 fully saturated rings. The fourth-order valence-corrected chi connectivity index (χ4v) is 4.84. The van der Waals surface area contributed by atoms with E-state index in [1.165, 1.54) is 16.2 Å². The zero-order valence-corrected chi connectivity index (χ0v) is 19.5. The van der Waals surface area contributed by atoms with Crippen LogP contribution >= 0.6 is 11.3 Å². The highest BCUT2D eigenvalue weighted by molar-refractivity contribution is 7.14. The Bertz CT molecular complexity index is 1410. The molecule has 8 nitrogen and oxygen atoms in total. The van der Waals surface area contributed by atoms with Crippen molar-refractivity contribution in [1.29, 1.82) is 0 Å². The number of aryl methyl sites for hydroxylation is 1. The van der Waals surface area contributed by atoms with Gasteiger partial charge in [0.25, 0.3) is 5.78 Å². The van der Waals surface area contributed by atoms with Crippen molar-refractivity contribution < 1.29 is 19.4 Å². The van der Waals surface area contributed by atoms with Gasteiger partial charge in [-0.2, -0.15) is 0 Å². The number of pyridine rings is 1. The van der Waals surface area contributed by atoms with Crippen molar-refractivity contribution in [3.63, 3.8) is 0 Å². The lowest BCUT2D eigenvalue weighted by molar-refractivity contribution is -0.132. The van der Waals surface area contributed by atoms with E-state index >= 15 is 0 Å². The molecule has 1 atom stereocenters. The van der Waals surface area contributed by atoms with Gasteiger partial charge in [-0.25, -0.2) is 9.97 Å². The number of Topliss-reactive ketones (excluding diaryl/α,β-unsaturated/α-hetero) is 1. The van der Waals surface area contributed by atoms with Crippen LogP contribution in [0.5, 0.6) is 5.75 Å². The molecule has 5 rings (SSSR count). The number of fused-ring (bicyclic) bond motifs is 1. The molecule has 1 N–H and O–H groups in total. The lowest BCUT2D eigenvalue weighted by atomic mass is 9.96. The van der Waals surface area contributed by atoms with Crippen molar-refractivity contribution in [2.24, 2.45) is 0 Å². The van der Waals surface area contributed by atoms with Crippen LogP contribution in [-0.2, 0) is 9.59 Å². The lowest BCUT2D eigenvalue weighted by Gasteiger charge is -2.23. The molecule has 0 radical (unpaired) electrons. The second kappa shape index (κ2) is 8.75. The Balaban J connectivity index is 1.70. The maximum absolute atomic E-state index is 13.3. The van der Waals surface area contributed by atoms with Gasteiger partial charge in [-0.1, -0.05) is 25.1 Å². The first-order chi connectivity index (χ1) is 16.5. The fraction of sp³-hybridized carbons (Fsp3) is 0.200. The van der Waals surface area contributed by atoms with Crippen LogP contribution in [-0.4, -0.2) is 37.8 Å². The molecule has 1 aromatic carbocycles. The highest BCUT2D eigenvalue weighted by Crippen LogP contribution is 2.43. The summed E-state index contributed by atoms with van der Waals surface area (Å²) in [5.41, 5.74) is 2.21. The number of amides is 1. The number of anilines is 1. The molecule has 1 aliphatic heterocycles. The number of hydrogen-bond donors (Lipinski definition) is 1. The van der Waals surface area contributed by atoms with Crippen LogP contribution in [0.4, 0.5) is 5.13 Å². The molecule has 172 valence electrons. The molecule has 3 aromatic heterocycles. The van der Waals surface area contributed by atoms with Crippen molar-refractivity contribution in [3.05, 3.63) is 82.8 Å². The number of thiazole rings is 1. The van der Waals surface area contributed by atoms with Crippen LogP contribution < -0.4 is 9.64 Å². The van der Waals surface area contributed by atoms with Crippen LogP contribution in [0.1, 0.15) is 36.3 Å². The number of carbonyl (C=O) groups is 2. The minimum absolute atomic E-state index is 0.00354. The molecular formula is C25H22N4O4S. The number of benzene rings is 1. The Morgan fingerprint density at radius 2 is 1.97 bits per heavy atom. The van der Waals surface area contributed by atoms with Crippen molar-refractivity contribution in [2.45, 2.75) is 26.3 Å². The van der Waals surface area contributed by atoms with E-state index in [-0.39, 0.29) is 11.3 Å². The van der Waals surface area contributed by atoms with Gasteiger partial charge in [0, 0.05) is 17.8 Å². The Labute approximate surface area is 199 Å². The molecular weight excluding hydrogens is 452 g/mol. The predicted molar refractivity (Wildman–Crippen MR) is 129 cm³/mol. The maximum atomic E-state index is 13.3. The van der Waals surface area contributed by atoms with Crippen molar-refractivity contribution >= 4 is 39.6 Å². The largest absolute Gasteiger partial charge is 0.505 e. The summed E-state index contributed by atoms with van der Waals surface area (Å²) in [6, 6.07) is 11.8. The van der Waals surface area contributed by atoms with E-state index in [1.54, 1.807) is 53.4 Å². The average molecular weight is 475 g/mol. The van der Waals surface area contributed by atoms with Crippen molar-refractivity contribution in [1.82, 2.24) is 14.4 Å². The SMILES string of the molecule is CCCOc1ccc(C2/C(=C(\O)c3c(C)nc4ccccn34)C(=O)C(=O)N2c2nccs2)cc1. The molecule has 0 aliphatic carbocycles. The summed E-state index contributed by atoms with van der Waals surface area (Å²) in [5, 5.41) is 13.6. The van der Waals surface area contributed by atoms with Gasteiger partial charge in [0.2, 0.25) is 0 Å². The normalized spacial score (nSPS) is 17.6. The first-order valence-electron chi connectivity index (χ1n) is 10.9. The van der Waals surface area contributed by atoms with Gasteiger partial charge in [0.15, 0.2) is 10.9 Å². The number of rotatable bonds is 6. The van der Waals surface area contributed by atoms with E-state index in [4.69, 9.17) is 4.74 Å². The zero-order valence-electron chi connectivity index (χ0n) is 18.6. The van der Waals surface area contributed by atoms with Crippen LogP contribution in [0, 0.1) is 6.92 Å². The number of imidazole rings is 1. The summed E-state index contributed by atoms with van der Waals surface area (Å²) in [5.74, 6) is -1.09. The Kier molecular flexibility index (Phi) is 5.62. The van der Waals surface area contributed by atoms with Gasteiger partial charge in [0.05, 0.1) is 23.9 Å². The van der Waals surface area contributed by atoms with E-state index in [2.05, 4.69) is 9.97 Å². The number of aliphatic hydroxyl groups excluding tert-OH is 1. The monoisotopic (exact) mass is 474 g/mol. The van der Waals surface area contributed by atoms with Gasteiger partial charge in [-0.15, -0.1) is 11.3 Å². The second-order valence-corrected chi connectivity index (χ2v) is 8.75. The number of aliphatic hydroxyl groups is 1. The van der Waals surface area contributed by atoms with Crippen LogP contribution in [0.25, 0.3) is 11.4 Å². The van der Waals surface area contributed by atoms with Gasteiger partial charge in [-0.3, -0.25) is 18.9 Å². The summed E-state index contributed by atoms with van der Waals surface area (Å²) >= 11 is 1.25. The smallest absolute Gasteiger partial charge is 0.301 e. The van der Waals surface area contributed by atoms with Crippen molar-refractivity contribution in [2.75, 3.05) is 11.5 Å². The highest BCUT2D eigenvalue weighted by atomic mass is 32.1. The maximum Gasteiger partial charge on any atom is 0.301 e. The molecule has 1 amide bonds. The molecule has 1 unspecified atom stereocenters. The van der Waals surface area contributed by atoms with E-state index < -0.39 is 17.7 Å². The minimum atomic E-state index is -0.847. The van der Waals surface area contributed by atoms with Gasteiger partial charge >= 0.3 is 5.91 Å². The number of hydrogen-bond acceptors (Lipinski definition) is 7. The fourth-order valence-electron chi connectivity index (χ4n) is 4.17. The standard InChI is InChI=1S/C25H22N4O4S/c1-3-13-33-17-9-7-16(8-10-17)21-19(23(31)24(32)29(21)25-26-11-14-34-25)22(30)20-15(2)27-18-6-4-5-12-28(18)20/h4-12,14,21,30H,3,13H2,1-2H3/b22-19+. The van der Waals surface area contributed by atoms with Crippen LogP contribution in [0.2, 0.25) is 0 Å². The first kappa shape index (κ1) is 21.8. The minimum Gasteiger partial charge on any atom is -0.505 e. The van der Waals surface area contributed by atoms with Gasteiger partial charge in [-0.05, 0) is 43.2 Å². The van der Waals surface area contributed by atoms with Gasteiger partial charge in [0.1, 0.15) is 17.1 Å². The molecule has 4 aromatic rings. The lowest BCUT2D eigenvalue weighted by Crippen LogP contribution is -2.29. The third kappa shape index (κ3) is 3.54. The third-order valence-electron chi connectivity index (χ3n) is 5.67. The predicted octanol–water partition coefficient (Wildman–Crippen LogP) is 4.51. The topological polar surface area (TPSA) is 97.0 Å². The molecule has 0 bridgehead atoms. The Morgan fingerprint density at radius 1 is 1.18 bits per heavy atom. The summed E-state index contributed by atoms with van der Waals surface area (Å²) in [7, 11) is 0. The summed E-state index contributed by atoms with van der Waals surface area (Å²) < 4.78 is 7.39. The summed E-state index contributed by atoms with van der Waals surface area (Å²) in [4.78, 5) is 36.6. The van der Waals surface area contributed by atoms with Crippen LogP contribution in [0.3, 0.4) is 0 Å². The first-order valence-corrected chi connectivity index (χ1v) is 11.8. The van der Waals surface area contributed by atoms with E-state index in [0.717, 1.165) is 6.42 Å². The van der Waals surface area contributed by atoms with Gasteiger partial charge < -0.3 is 9.84 Å². The number of carbonyl (C=O) groups excluding carboxylic acids is 2. The van der Waals surface area contributed by atoms with Crippen LogP contribution in [0.15, 0.2) is 65.8 Å². The number of aromatic nitrogens is 3. The van der Waals surface area contributed by atoms with E-state index in [1.807, 2.05) is 25.1 Å². The Hall–Kier alpha value is -3.98. The average Bonchev–Trinajstić information content (AvgIpc) is 3.54. The number of ether oxygens (including phenoxy) is 1. The summed E-state index contributed by atoms with van der Waals surface area (Å²) in [6.45, 7) is 4.37. The highest BCUT2D eigenvalue weighted by Gasteiger charge is 2.48. The van der Waals surface area contributed by atoms with E-state index in [0.29, 0.717) is 40.1 Å². The third-order valence-corrected chi connectivity index (χ3v) is 6.44. The molecule has 1 saturated heterocycles. The molecule has 34 heavy (non-hydrogen) atoms. The zero-order chi connectivity index (χ0) is 23.8. The summed E-state index contributed by atoms with van der Waals surface area (Å²) in [6.07, 6.45) is 4.22. The number of ketones is 1. The Morgan fingerprint density at radius 3 is 2.68 bits per heavy atom. The number of nitrogens with zero attached hydrogens (tertiary/aromatic N) is 4. The molecule has 9 heteroatoms. The van der Waals surface area contributed by atoms with E-state index in [9.17, 15) is 14.7 Å². The second-order valence-electron chi connectivity index (χ2n) is 7.88. The molecule has 0 saturated carbocycles. The quantitative estimate of drug-likeness (QED) is 0.251. The molecule has 1 aliphatic rings. The van der Waals surface area contributed by atoms with Crippen molar-refractivity contribution in [3.8, 4) is 5.75 Å². The molecule has 4 heterocycles.